The molecule has 74 valence electrons. The predicted molar refractivity (Wildman–Crippen MR) is 49.1 cm³/mol. The number of rotatable bonds is 3. The summed E-state index contributed by atoms with van der Waals surface area (Å²) >= 11 is 0. The van der Waals surface area contributed by atoms with E-state index in [9.17, 15) is 9.90 Å². The molecule has 13 heavy (non-hydrogen) atoms. The Morgan fingerprint density at radius 3 is 2.92 bits per heavy atom. The first kappa shape index (κ1) is 10.3. The zero-order valence-corrected chi connectivity index (χ0v) is 7.90. The van der Waals surface area contributed by atoms with Crippen LogP contribution in [0.1, 0.15) is 26.2 Å². The van der Waals surface area contributed by atoms with Gasteiger partial charge >= 0.3 is 5.97 Å². The Morgan fingerprint density at radius 2 is 2.38 bits per heavy atom. The smallest absolute Gasteiger partial charge is 0.330 e. The van der Waals surface area contributed by atoms with E-state index < -0.39 is 0 Å². The fourth-order valence-corrected chi connectivity index (χ4v) is 1.59. The van der Waals surface area contributed by atoms with Crippen molar-refractivity contribution < 1.29 is 14.6 Å². The van der Waals surface area contributed by atoms with Crippen LogP contribution in [-0.4, -0.2) is 23.8 Å². The van der Waals surface area contributed by atoms with Crippen molar-refractivity contribution in [1.82, 2.24) is 0 Å². The quantitative estimate of drug-likeness (QED) is 0.530. The van der Waals surface area contributed by atoms with Gasteiger partial charge in [-0.1, -0.05) is 12.5 Å². The molecule has 0 amide bonds. The first-order valence-corrected chi connectivity index (χ1v) is 4.77. The van der Waals surface area contributed by atoms with Crippen LogP contribution in [0.25, 0.3) is 0 Å². The molecule has 1 fully saturated rings. The number of carbonyl (C=O) groups is 1. The Kier molecular flexibility index (Phi) is 3.96. The summed E-state index contributed by atoms with van der Waals surface area (Å²) in [7, 11) is 0. The summed E-state index contributed by atoms with van der Waals surface area (Å²) in [4.78, 5) is 10.9. The summed E-state index contributed by atoms with van der Waals surface area (Å²) in [5, 5.41) is 9.43. The lowest BCUT2D eigenvalue weighted by Crippen LogP contribution is -2.11. The minimum absolute atomic E-state index is 0.143. The molecule has 0 spiro atoms. The van der Waals surface area contributed by atoms with Gasteiger partial charge in [0, 0.05) is 12.0 Å². The number of esters is 1. The van der Waals surface area contributed by atoms with Crippen LogP contribution in [0.5, 0.6) is 0 Å². The molecular weight excluding hydrogens is 168 g/mol. The number of hydrogen-bond acceptors (Lipinski definition) is 3. The number of aliphatic hydroxyl groups excluding tert-OH is 1. The maximum atomic E-state index is 10.9. The van der Waals surface area contributed by atoms with Gasteiger partial charge in [-0.15, -0.1) is 0 Å². The second kappa shape index (κ2) is 5.02. The maximum absolute atomic E-state index is 10.9. The zero-order valence-electron chi connectivity index (χ0n) is 7.90. The Bertz CT molecular complexity index is 198. The molecule has 0 heterocycles. The van der Waals surface area contributed by atoms with E-state index in [1.54, 1.807) is 13.0 Å². The molecule has 0 aromatic heterocycles. The lowest BCUT2D eigenvalue weighted by Gasteiger charge is -2.07. The molecule has 2 atom stereocenters. The molecule has 0 aromatic carbocycles. The molecule has 1 rings (SSSR count). The van der Waals surface area contributed by atoms with Gasteiger partial charge in [-0.05, 0) is 19.8 Å². The third kappa shape index (κ3) is 3.19. The van der Waals surface area contributed by atoms with Gasteiger partial charge in [0.25, 0.3) is 0 Å². The number of ether oxygens (including phenoxy) is 1. The SMILES string of the molecule is CCOC(=O)/C=C/[C@@H]1CCC[C@H]1O. The monoisotopic (exact) mass is 184 g/mol. The topological polar surface area (TPSA) is 46.5 Å². The molecule has 1 aliphatic carbocycles. The van der Waals surface area contributed by atoms with Crippen molar-refractivity contribution in [3.63, 3.8) is 0 Å². The molecule has 1 saturated carbocycles. The molecule has 0 saturated heterocycles. The van der Waals surface area contributed by atoms with Crippen LogP contribution in [0.3, 0.4) is 0 Å². The van der Waals surface area contributed by atoms with Crippen molar-refractivity contribution in [1.29, 1.82) is 0 Å². The van der Waals surface area contributed by atoms with E-state index in [1.165, 1.54) is 6.08 Å². The van der Waals surface area contributed by atoms with Crippen molar-refractivity contribution in [2.24, 2.45) is 5.92 Å². The number of hydrogen-bond donors (Lipinski definition) is 1. The van der Waals surface area contributed by atoms with Gasteiger partial charge in [-0.2, -0.15) is 0 Å². The van der Waals surface area contributed by atoms with E-state index in [2.05, 4.69) is 0 Å². The molecule has 0 bridgehead atoms. The standard InChI is InChI=1S/C10H16O3/c1-2-13-10(12)7-6-8-4-3-5-9(8)11/h6-9,11H,2-5H2,1H3/b7-6+/t8-,9+/m0/s1. The zero-order chi connectivity index (χ0) is 9.68. The van der Waals surface area contributed by atoms with Crippen molar-refractivity contribution in [3.8, 4) is 0 Å². The summed E-state index contributed by atoms with van der Waals surface area (Å²) in [5.41, 5.74) is 0. The van der Waals surface area contributed by atoms with Gasteiger partial charge in [0.15, 0.2) is 0 Å². The van der Waals surface area contributed by atoms with Crippen LogP contribution in [0.4, 0.5) is 0 Å². The molecule has 0 radical (unpaired) electrons. The largest absolute Gasteiger partial charge is 0.463 e. The van der Waals surface area contributed by atoms with Crippen molar-refractivity contribution in [2.75, 3.05) is 6.61 Å². The van der Waals surface area contributed by atoms with E-state index in [0.717, 1.165) is 19.3 Å². The highest BCUT2D eigenvalue weighted by Gasteiger charge is 2.22. The van der Waals surface area contributed by atoms with Crippen molar-refractivity contribution >= 4 is 5.97 Å². The maximum Gasteiger partial charge on any atom is 0.330 e. The second-order valence-corrected chi connectivity index (χ2v) is 3.27. The van der Waals surface area contributed by atoms with Gasteiger partial charge in [0.1, 0.15) is 0 Å². The lowest BCUT2D eigenvalue weighted by molar-refractivity contribution is -0.137. The van der Waals surface area contributed by atoms with Gasteiger partial charge in [-0.3, -0.25) is 0 Å². The Hall–Kier alpha value is -0.830. The van der Waals surface area contributed by atoms with Crippen molar-refractivity contribution in [2.45, 2.75) is 32.3 Å². The fraction of sp³-hybridized carbons (Fsp3) is 0.700. The highest BCUT2D eigenvalue weighted by Crippen LogP contribution is 2.26. The molecule has 3 nitrogen and oxygen atoms in total. The van der Waals surface area contributed by atoms with Crippen LogP contribution in [0.2, 0.25) is 0 Å². The molecule has 0 aliphatic heterocycles. The summed E-state index contributed by atoms with van der Waals surface area (Å²) in [6.07, 6.45) is 5.76. The Morgan fingerprint density at radius 1 is 1.62 bits per heavy atom. The first-order valence-electron chi connectivity index (χ1n) is 4.77. The molecule has 1 N–H and O–H groups in total. The van der Waals surface area contributed by atoms with E-state index in [4.69, 9.17) is 4.74 Å². The van der Waals surface area contributed by atoms with E-state index in [-0.39, 0.29) is 18.0 Å². The molecule has 0 aromatic rings. The van der Waals surface area contributed by atoms with Crippen molar-refractivity contribution in [3.05, 3.63) is 12.2 Å². The van der Waals surface area contributed by atoms with Gasteiger partial charge in [-0.25, -0.2) is 4.79 Å². The summed E-state index contributed by atoms with van der Waals surface area (Å²) in [5.74, 6) is -0.175. The highest BCUT2D eigenvalue weighted by atomic mass is 16.5. The summed E-state index contributed by atoms with van der Waals surface area (Å²) < 4.78 is 4.73. The molecule has 0 unspecified atom stereocenters. The predicted octanol–water partition coefficient (Wildman–Crippen LogP) is 1.27. The normalized spacial score (nSPS) is 28.2. The van der Waals surface area contributed by atoms with Crippen LogP contribution >= 0.6 is 0 Å². The number of carbonyl (C=O) groups excluding carboxylic acids is 1. The lowest BCUT2D eigenvalue weighted by atomic mass is 10.1. The molecule has 1 aliphatic rings. The first-order chi connectivity index (χ1) is 6.24. The summed E-state index contributed by atoms with van der Waals surface area (Å²) in [6.45, 7) is 2.17. The summed E-state index contributed by atoms with van der Waals surface area (Å²) in [6, 6.07) is 0. The highest BCUT2D eigenvalue weighted by molar-refractivity contribution is 5.81. The number of aliphatic hydroxyl groups is 1. The second-order valence-electron chi connectivity index (χ2n) is 3.27. The average molecular weight is 184 g/mol. The van der Waals surface area contributed by atoms with E-state index in [1.807, 2.05) is 0 Å². The van der Waals surface area contributed by atoms with Crippen LogP contribution in [-0.2, 0) is 9.53 Å². The van der Waals surface area contributed by atoms with Crippen LogP contribution in [0.15, 0.2) is 12.2 Å². The Balaban J connectivity index is 2.34. The minimum atomic E-state index is -0.318. The molecule has 3 heteroatoms. The third-order valence-corrected chi connectivity index (χ3v) is 2.30. The molecular formula is C10H16O3. The van der Waals surface area contributed by atoms with Crippen LogP contribution in [0, 0.1) is 5.92 Å². The fourth-order valence-electron chi connectivity index (χ4n) is 1.59. The third-order valence-electron chi connectivity index (χ3n) is 2.30. The van der Waals surface area contributed by atoms with Gasteiger partial charge < -0.3 is 9.84 Å². The van der Waals surface area contributed by atoms with Gasteiger partial charge in [0.05, 0.1) is 12.7 Å². The van der Waals surface area contributed by atoms with E-state index >= 15 is 0 Å². The van der Waals surface area contributed by atoms with Crippen LogP contribution < -0.4 is 0 Å². The minimum Gasteiger partial charge on any atom is -0.463 e. The van der Waals surface area contributed by atoms with Gasteiger partial charge in [0.2, 0.25) is 0 Å². The Labute approximate surface area is 78.4 Å². The average Bonchev–Trinajstić information content (AvgIpc) is 2.48. The van der Waals surface area contributed by atoms with E-state index in [0.29, 0.717) is 6.61 Å².